The lowest BCUT2D eigenvalue weighted by Gasteiger charge is -2.25. The van der Waals surface area contributed by atoms with Gasteiger partial charge < -0.3 is 0 Å². The Balaban J connectivity index is 2.10. The first kappa shape index (κ1) is 9.91. The van der Waals surface area contributed by atoms with Crippen LogP contribution in [0.25, 0.3) is 0 Å². The maximum atomic E-state index is 11.7. The molecule has 14 heavy (non-hydrogen) atoms. The summed E-state index contributed by atoms with van der Waals surface area (Å²) in [6.07, 6.45) is 4.23. The van der Waals surface area contributed by atoms with E-state index in [1.54, 1.807) is 11.3 Å². The lowest BCUT2D eigenvalue weighted by atomic mass is 9.77. The summed E-state index contributed by atoms with van der Waals surface area (Å²) in [5.41, 5.74) is 1.34. The molecule has 1 aromatic heterocycles. The Labute approximate surface area is 89.1 Å². The van der Waals surface area contributed by atoms with Gasteiger partial charge in [-0.1, -0.05) is 13.3 Å². The molecule has 0 aromatic carbocycles. The number of thiophene rings is 1. The molecule has 0 saturated heterocycles. The number of hydrogen-bond donors (Lipinski definition) is 0. The molecule has 2 unspecified atom stereocenters. The van der Waals surface area contributed by atoms with E-state index < -0.39 is 0 Å². The summed E-state index contributed by atoms with van der Waals surface area (Å²) < 4.78 is 0. The summed E-state index contributed by atoms with van der Waals surface area (Å²) in [7, 11) is 0. The van der Waals surface area contributed by atoms with Crippen molar-refractivity contribution < 1.29 is 4.79 Å². The van der Waals surface area contributed by atoms with Crippen LogP contribution in [0.2, 0.25) is 0 Å². The van der Waals surface area contributed by atoms with Gasteiger partial charge in [-0.3, -0.25) is 4.79 Å². The predicted octanol–water partition coefficient (Wildman–Crippen LogP) is 3.61. The van der Waals surface area contributed by atoms with Crippen molar-refractivity contribution in [2.24, 2.45) is 5.92 Å². The quantitative estimate of drug-likeness (QED) is 0.725. The number of hydrogen-bond acceptors (Lipinski definition) is 2. The largest absolute Gasteiger partial charge is 0.299 e. The van der Waals surface area contributed by atoms with Crippen LogP contribution in [0.15, 0.2) is 16.8 Å². The molecule has 1 aliphatic rings. The molecule has 1 nitrogen and oxygen atoms in total. The zero-order chi connectivity index (χ0) is 9.97. The number of carbonyl (C=O) groups excluding carboxylic acids is 1. The SMILES string of the molecule is CC(c1ccsc1)C1CCCCC1=O. The minimum atomic E-state index is 0.290. The Morgan fingerprint density at radius 1 is 1.50 bits per heavy atom. The van der Waals surface area contributed by atoms with Gasteiger partial charge in [0.05, 0.1) is 0 Å². The Morgan fingerprint density at radius 2 is 2.36 bits per heavy atom. The summed E-state index contributed by atoms with van der Waals surface area (Å²) in [5.74, 6) is 1.20. The van der Waals surface area contributed by atoms with Gasteiger partial charge >= 0.3 is 0 Å². The molecule has 76 valence electrons. The highest BCUT2D eigenvalue weighted by molar-refractivity contribution is 7.07. The standard InChI is InChI=1S/C12H16OS/c1-9(10-6-7-14-8-10)11-4-2-3-5-12(11)13/h6-9,11H,2-5H2,1H3. The van der Waals surface area contributed by atoms with Gasteiger partial charge in [0.2, 0.25) is 0 Å². The fraction of sp³-hybridized carbons (Fsp3) is 0.583. The highest BCUT2D eigenvalue weighted by Gasteiger charge is 2.28. The van der Waals surface area contributed by atoms with E-state index in [1.165, 1.54) is 12.0 Å². The molecule has 0 aliphatic heterocycles. The average Bonchev–Trinajstić information content (AvgIpc) is 2.70. The topological polar surface area (TPSA) is 17.1 Å². The normalized spacial score (nSPS) is 24.9. The number of Topliss-reactive ketones (excluding diaryl/α,β-unsaturated/α-hetero) is 1. The first-order chi connectivity index (χ1) is 6.79. The molecule has 0 amide bonds. The Hall–Kier alpha value is -0.630. The third-order valence-electron chi connectivity index (χ3n) is 3.27. The van der Waals surface area contributed by atoms with Crippen LogP contribution >= 0.6 is 11.3 Å². The van der Waals surface area contributed by atoms with E-state index in [-0.39, 0.29) is 0 Å². The molecule has 0 radical (unpaired) electrons. The van der Waals surface area contributed by atoms with Crippen molar-refractivity contribution >= 4 is 17.1 Å². The second-order valence-electron chi connectivity index (χ2n) is 4.16. The monoisotopic (exact) mass is 208 g/mol. The van der Waals surface area contributed by atoms with Gasteiger partial charge in [-0.15, -0.1) is 0 Å². The second-order valence-corrected chi connectivity index (χ2v) is 4.94. The van der Waals surface area contributed by atoms with Crippen molar-refractivity contribution in [3.8, 4) is 0 Å². The summed E-state index contributed by atoms with van der Waals surface area (Å²) in [5, 5.41) is 4.27. The smallest absolute Gasteiger partial charge is 0.136 e. The minimum absolute atomic E-state index is 0.290. The maximum absolute atomic E-state index is 11.7. The van der Waals surface area contributed by atoms with Crippen molar-refractivity contribution in [1.29, 1.82) is 0 Å². The van der Waals surface area contributed by atoms with Crippen molar-refractivity contribution in [2.45, 2.75) is 38.5 Å². The lowest BCUT2D eigenvalue weighted by Crippen LogP contribution is -2.23. The number of carbonyl (C=O) groups is 1. The molecular weight excluding hydrogens is 192 g/mol. The zero-order valence-corrected chi connectivity index (χ0v) is 9.35. The first-order valence-electron chi connectivity index (χ1n) is 5.34. The fourth-order valence-electron chi connectivity index (χ4n) is 2.31. The van der Waals surface area contributed by atoms with Crippen LogP contribution in [-0.4, -0.2) is 5.78 Å². The van der Waals surface area contributed by atoms with E-state index in [2.05, 4.69) is 23.8 Å². The molecule has 2 heteroatoms. The van der Waals surface area contributed by atoms with Crippen LogP contribution in [0.4, 0.5) is 0 Å². The summed E-state index contributed by atoms with van der Waals surface area (Å²) >= 11 is 1.72. The molecule has 2 atom stereocenters. The maximum Gasteiger partial charge on any atom is 0.136 e. The predicted molar refractivity (Wildman–Crippen MR) is 59.7 cm³/mol. The molecule has 0 N–H and O–H groups in total. The van der Waals surface area contributed by atoms with E-state index in [0.717, 1.165) is 19.3 Å². The van der Waals surface area contributed by atoms with Gasteiger partial charge in [-0.25, -0.2) is 0 Å². The number of rotatable bonds is 2. The molecule has 1 heterocycles. The zero-order valence-electron chi connectivity index (χ0n) is 8.53. The second kappa shape index (κ2) is 4.26. The van der Waals surface area contributed by atoms with Crippen molar-refractivity contribution in [2.75, 3.05) is 0 Å². The molecular formula is C12H16OS. The third-order valence-corrected chi connectivity index (χ3v) is 3.98. The minimum Gasteiger partial charge on any atom is -0.299 e. The Kier molecular flexibility index (Phi) is 3.02. The van der Waals surface area contributed by atoms with Crippen molar-refractivity contribution in [1.82, 2.24) is 0 Å². The van der Waals surface area contributed by atoms with Crippen LogP contribution in [0.3, 0.4) is 0 Å². The van der Waals surface area contributed by atoms with Crippen LogP contribution in [0.1, 0.15) is 44.1 Å². The summed E-state index contributed by atoms with van der Waals surface area (Å²) in [6.45, 7) is 2.19. The molecule has 0 bridgehead atoms. The highest BCUT2D eigenvalue weighted by Crippen LogP contribution is 2.34. The van der Waals surface area contributed by atoms with Gasteiger partial charge in [0.25, 0.3) is 0 Å². The van der Waals surface area contributed by atoms with Crippen LogP contribution in [0, 0.1) is 5.92 Å². The van der Waals surface area contributed by atoms with Crippen molar-refractivity contribution in [3.05, 3.63) is 22.4 Å². The molecule has 1 saturated carbocycles. The van der Waals surface area contributed by atoms with Gasteiger partial charge in [-0.2, -0.15) is 11.3 Å². The Morgan fingerprint density at radius 3 is 3.00 bits per heavy atom. The van der Waals surface area contributed by atoms with Gasteiger partial charge in [0.1, 0.15) is 5.78 Å². The van der Waals surface area contributed by atoms with Crippen molar-refractivity contribution in [3.63, 3.8) is 0 Å². The van der Waals surface area contributed by atoms with Crippen LogP contribution in [-0.2, 0) is 4.79 Å². The molecule has 1 aromatic rings. The van der Waals surface area contributed by atoms with E-state index >= 15 is 0 Å². The molecule has 2 rings (SSSR count). The highest BCUT2D eigenvalue weighted by atomic mass is 32.1. The third kappa shape index (κ3) is 1.90. The van der Waals surface area contributed by atoms with Gasteiger partial charge in [0.15, 0.2) is 0 Å². The van der Waals surface area contributed by atoms with Crippen LogP contribution in [0.5, 0.6) is 0 Å². The summed E-state index contributed by atoms with van der Waals surface area (Å²) in [6, 6.07) is 2.15. The van der Waals surface area contributed by atoms with E-state index in [9.17, 15) is 4.79 Å². The van der Waals surface area contributed by atoms with E-state index in [4.69, 9.17) is 0 Å². The van der Waals surface area contributed by atoms with E-state index in [0.29, 0.717) is 17.6 Å². The lowest BCUT2D eigenvalue weighted by molar-refractivity contribution is -0.125. The van der Waals surface area contributed by atoms with Gasteiger partial charge in [-0.05, 0) is 41.1 Å². The summed E-state index contributed by atoms with van der Waals surface area (Å²) in [4.78, 5) is 11.7. The van der Waals surface area contributed by atoms with E-state index in [1.807, 2.05) is 0 Å². The number of ketones is 1. The molecule has 1 fully saturated rings. The fourth-order valence-corrected chi connectivity index (χ4v) is 3.07. The Bertz CT molecular complexity index is 302. The average molecular weight is 208 g/mol. The first-order valence-corrected chi connectivity index (χ1v) is 6.28. The van der Waals surface area contributed by atoms with Crippen LogP contribution < -0.4 is 0 Å². The van der Waals surface area contributed by atoms with Gasteiger partial charge in [0, 0.05) is 12.3 Å². The molecule has 0 spiro atoms. The molecule has 1 aliphatic carbocycles.